The molecular weight excluding hydrogens is 292 g/mol. The SMILES string of the molecule is CCCCCCC[C@H]1CC[C@H](CCC2CCC(COC)CC2)CC1. The molecule has 0 aliphatic heterocycles. The van der Waals surface area contributed by atoms with Crippen LogP contribution in [0.3, 0.4) is 0 Å². The molecule has 1 nitrogen and oxygen atoms in total. The molecule has 0 N–H and O–H groups in total. The molecule has 2 fully saturated rings. The molecule has 0 radical (unpaired) electrons. The first-order valence-electron chi connectivity index (χ1n) is 11.3. The lowest BCUT2D eigenvalue weighted by Crippen LogP contribution is -2.20. The first-order chi connectivity index (χ1) is 11.8. The second-order valence-electron chi connectivity index (χ2n) is 9.01. The molecule has 0 unspecified atom stereocenters. The summed E-state index contributed by atoms with van der Waals surface area (Å²) in [6, 6.07) is 0. The molecule has 2 saturated carbocycles. The molecule has 0 saturated heterocycles. The van der Waals surface area contributed by atoms with E-state index in [4.69, 9.17) is 4.74 Å². The Kier molecular flexibility index (Phi) is 10.4. The predicted octanol–water partition coefficient (Wildman–Crippen LogP) is 7.39. The summed E-state index contributed by atoms with van der Waals surface area (Å²) in [6.45, 7) is 3.31. The van der Waals surface area contributed by atoms with E-state index in [1.165, 1.54) is 77.0 Å². The van der Waals surface area contributed by atoms with Gasteiger partial charge in [-0.25, -0.2) is 0 Å². The third-order valence-corrected chi connectivity index (χ3v) is 7.03. The van der Waals surface area contributed by atoms with E-state index in [9.17, 15) is 0 Å². The number of methoxy groups -OCH3 is 1. The Morgan fingerprint density at radius 2 is 1.04 bits per heavy atom. The summed E-state index contributed by atoms with van der Waals surface area (Å²) in [6.07, 6.45) is 23.8. The van der Waals surface area contributed by atoms with Crippen molar-refractivity contribution in [1.29, 1.82) is 0 Å². The topological polar surface area (TPSA) is 9.23 Å². The highest BCUT2D eigenvalue weighted by atomic mass is 16.5. The van der Waals surface area contributed by atoms with Gasteiger partial charge < -0.3 is 4.74 Å². The molecule has 0 aromatic heterocycles. The Hall–Kier alpha value is -0.0400. The second-order valence-corrected chi connectivity index (χ2v) is 9.01. The largest absolute Gasteiger partial charge is 0.384 e. The van der Waals surface area contributed by atoms with Crippen molar-refractivity contribution >= 4 is 0 Å². The van der Waals surface area contributed by atoms with E-state index < -0.39 is 0 Å². The van der Waals surface area contributed by atoms with Crippen molar-refractivity contribution in [3.8, 4) is 0 Å². The number of hydrogen-bond donors (Lipinski definition) is 0. The molecule has 0 aromatic rings. The molecule has 0 heterocycles. The van der Waals surface area contributed by atoms with Gasteiger partial charge in [0.2, 0.25) is 0 Å². The minimum atomic E-state index is 0.860. The van der Waals surface area contributed by atoms with Crippen LogP contribution in [0.5, 0.6) is 0 Å². The van der Waals surface area contributed by atoms with Gasteiger partial charge in [0.1, 0.15) is 0 Å². The third-order valence-electron chi connectivity index (χ3n) is 7.03. The van der Waals surface area contributed by atoms with E-state index in [-0.39, 0.29) is 0 Å². The monoisotopic (exact) mass is 336 g/mol. The maximum Gasteiger partial charge on any atom is 0.0490 e. The summed E-state index contributed by atoms with van der Waals surface area (Å²) in [4.78, 5) is 0. The van der Waals surface area contributed by atoms with Gasteiger partial charge in [-0.1, -0.05) is 96.8 Å². The van der Waals surface area contributed by atoms with Crippen LogP contribution in [-0.2, 0) is 4.74 Å². The van der Waals surface area contributed by atoms with Crippen molar-refractivity contribution in [3.63, 3.8) is 0 Å². The third kappa shape index (κ3) is 7.89. The van der Waals surface area contributed by atoms with Crippen LogP contribution in [0.4, 0.5) is 0 Å². The molecule has 0 spiro atoms. The van der Waals surface area contributed by atoms with Gasteiger partial charge in [-0.15, -0.1) is 0 Å². The van der Waals surface area contributed by atoms with Crippen LogP contribution in [0.15, 0.2) is 0 Å². The Morgan fingerprint density at radius 1 is 0.583 bits per heavy atom. The standard InChI is InChI=1S/C23H44O/c1-3-4-5-6-7-8-20-9-11-21(12-10-20)13-14-22-15-17-23(18-16-22)19-24-2/h20-23H,3-19H2,1-2H3/t20-,21-,22?,23?. The van der Waals surface area contributed by atoms with Crippen molar-refractivity contribution in [2.75, 3.05) is 13.7 Å². The number of rotatable bonds is 11. The van der Waals surface area contributed by atoms with Gasteiger partial charge in [-0.2, -0.15) is 0 Å². The maximum atomic E-state index is 5.33. The molecule has 1 heteroatoms. The van der Waals surface area contributed by atoms with Crippen LogP contribution < -0.4 is 0 Å². The fourth-order valence-electron chi connectivity index (χ4n) is 5.24. The zero-order valence-corrected chi connectivity index (χ0v) is 16.7. The van der Waals surface area contributed by atoms with Crippen molar-refractivity contribution in [2.45, 2.75) is 110 Å². The molecule has 24 heavy (non-hydrogen) atoms. The van der Waals surface area contributed by atoms with Crippen LogP contribution >= 0.6 is 0 Å². The zero-order chi connectivity index (χ0) is 17.0. The van der Waals surface area contributed by atoms with E-state index >= 15 is 0 Å². The van der Waals surface area contributed by atoms with Crippen LogP contribution in [-0.4, -0.2) is 13.7 Å². The highest BCUT2D eigenvalue weighted by Crippen LogP contribution is 2.37. The normalized spacial score (nSPS) is 31.2. The number of hydrogen-bond acceptors (Lipinski definition) is 1. The first-order valence-corrected chi connectivity index (χ1v) is 11.3. The van der Waals surface area contributed by atoms with Crippen LogP contribution in [0.1, 0.15) is 110 Å². The van der Waals surface area contributed by atoms with E-state index in [0.29, 0.717) is 0 Å². The van der Waals surface area contributed by atoms with Crippen molar-refractivity contribution in [3.05, 3.63) is 0 Å². The molecule has 0 amide bonds. The van der Waals surface area contributed by atoms with Crippen molar-refractivity contribution < 1.29 is 4.74 Å². The Balaban J connectivity index is 1.48. The van der Waals surface area contributed by atoms with Crippen LogP contribution in [0.2, 0.25) is 0 Å². The molecule has 2 aliphatic rings. The summed E-state index contributed by atoms with van der Waals surface area (Å²) in [5, 5.41) is 0. The molecule has 0 atom stereocenters. The Bertz CT molecular complexity index is 284. The zero-order valence-electron chi connectivity index (χ0n) is 16.7. The minimum absolute atomic E-state index is 0.860. The molecule has 142 valence electrons. The van der Waals surface area contributed by atoms with Gasteiger partial charge in [0.15, 0.2) is 0 Å². The molecule has 0 aromatic carbocycles. The Labute approximate surface area is 152 Å². The fourth-order valence-corrected chi connectivity index (χ4v) is 5.24. The van der Waals surface area contributed by atoms with E-state index in [1.54, 1.807) is 25.7 Å². The van der Waals surface area contributed by atoms with Crippen LogP contribution in [0.25, 0.3) is 0 Å². The molecule has 2 aliphatic carbocycles. The lowest BCUT2D eigenvalue weighted by Gasteiger charge is -2.32. The minimum Gasteiger partial charge on any atom is -0.384 e. The average Bonchev–Trinajstić information content (AvgIpc) is 2.62. The fraction of sp³-hybridized carbons (Fsp3) is 1.00. The number of ether oxygens (including phenoxy) is 1. The lowest BCUT2D eigenvalue weighted by atomic mass is 9.75. The van der Waals surface area contributed by atoms with Gasteiger partial charge in [0.25, 0.3) is 0 Å². The highest BCUT2D eigenvalue weighted by Gasteiger charge is 2.24. The Morgan fingerprint density at radius 3 is 1.54 bits per heavy atom. The summed E-state index contributed by atoms with van der Waals surface area (Å²) in [5.41, 5.74) is 0. The first kappa shape index (κ1) is 20.3. The van der Waals surface area contributed by atoms with E-state index in [2.05, 4.69) is 6.92 Å². The smallest absolute Gasteiger partial charge is 0.0490 e. The van der Waals surface area contributed by atoms with Crippen molar-refractivity contribution in [2.24, 2.45) is 23.7 Å². The van der Waals surface area contributed by atoms with Gasteiger partial charge in [0.05, 0.1) is 0 Å². The molecular formula is C23H44O. The van der Waals surface area contributed by atoms with E-state index in [0.717, 1.165) is 30.3 Å². The van der Waals surface area contributed by atoms with E-state index in [1.807, 2.05) is 7.11 Å². The summed E-state index contributed by atoms with van der Waals surface area (Å²) < 4.78 is 5.33. The van der Waals surface area contributed by atoms with Gasteiger partial charge in [0, 0.05) is 13.7 Å². The summed E-state index contributed by atoms with van der Waals surface area (Å²) in [5.74, 6) is 4.04. The van der Waals surface area contributed by atoms with Gasteiger partial charge in [-0.05, 0) is 36.5 Å². The van der Waals surface area contributed by atoms with Crippen LogP contribution in [0, 0.1) is 23.7 Å². The quantitative estimate of drug-likeness (QED) is 0.357. The summed E-state index contributed by atoms with van der Waals surface area (Å²) in [7, 11) is 1.85. The lowest BCUT2D eigenvalue weighted by molar-refractivity contribution is 0.115. The molecule has 2 rings (SSSR count). The number of unbranched alkanes of at least 4 members (excludes halogenated alkanes) is 4. The second kappa shape index (κ2) is 12.3. The van der Waals surface area contributed by atoms with Gasteiger partial charge >= 0.3 is 0 Å². The summed E-state index contributed by atoms with van der Waals surface area (Å²) >= 11 is 0. The predicted molar refractivity (Wildman–Crippen MR) is 105 cm³/mol. The van der Waals surface area contributed by atoms with Crippen molar-refractivity contribution in [1.82, 2.24) is 0 Å². The maximum absolute atomic E-state index is 5.33. The van der Waals surface area contributed by atoms with Gasteiger partial charge in [-0.3, -0.25) is 0 Å². The highest BCUT2D eigenvalue weighted by molar-refractivity contribution is 4.76. The average molecular weight is 337 g/mol. The molecule has 0 bridgehead atoms.